The first kappa shape index (κ1) is 18.1. The van der Waals surface area contributed by atoms with Crippen LogP contribution in [0.25, 0.3) is 21.9 Å². The van der Waals surface area contributed by atoms with E-state index in [0.29, 0.717) is 0 Å². The van der Waals surface area contributed by atoms with Crippen LogP contribution in [-0.2, 0) is 12.8 Å². The number of nitrogens with zero attached hydrogens (tertiary/aromatic N) is 1. The summed E-state index contributed by atoms with van der Waals surface area (Å²) >= 11 is 1.65. The van der Waals surface area contributed by atoms with Gasteiger partial charge in [-0.15, -0.1) is 11.3 Å². The van der Waals surface area contributed by atoms with Crippen molar-refractivity contribution in [3.8, 4) is 11.1 Å². The predicted molar refractivity (Wildman–Crippen MR) is 121 cm³/mol. The predicted octanol–water partition coefficient (Wildman–Crippen LogP) is 6.40. The second-order valence-corrected chi connectivity index (χ2v) is 8.82. The first-order chi connectivity index (χ1) is 14.2. The molecule has 1 N–H and O–H groups in total. The Morgan fingerprint density at radius 3 is 2.79 bits per heavy atom. The van der Waals surface area contributed by atoms with Crippen molar-refractivity contribution in [3.63, 3.8) is 0 Å². The molecule has 1 aliphatic carbocycles. The van der Waals surface area contributed by atoms with E-state index in [0.717, 1.165) is 39.9 Å². The molecular formula is C25H22N2OS. The molecule has 2 heterocycles. The van der Waals surface area contributed by atoms with Gasteiger partial charge in [0.05, 0.1) is 4.88 Å². The van der Waals surface area contributed by atoms with Gasteiger partial charge in [-0.3, -0.25) is 9.78 Å². The van der Waals surface area contributed by atoms with Crippen LogP contribution in [0.5, 0.6) is 0 Å². The molecule has 1 amide bonds. The highest BCUT2D eigenvalue weighted by Gasteiger charge is 2.17. The van der Waals surface area contributed by atoms with Crippen LogP contribution in [0.15, 0.2) is 60.9 Å². The number of aryl methyl sites for hydroxylation is 3. The minimum atomic E-state index is -0.0121. The van der Waals surface area contributed by atoms with E-state index in [4.69, 9.17) is 0 Å². The highest BCUT2D eigenvalue weighted by atomic mass is 32.1. The highest BCUT2D eigenvalue weighted by Crippen LogP contribution is 2.32. The van der Waals surface area contributed by atoms with Gasteiger partial charge < -0.3 is 5.32 Å². The molecule has 0 radical (unpaired) electrons. The van der Waals surface area contributed by atoms with Crippen molar-refractivity contribution in [2.24, 2.45) is 0 Å². The summed E-state index contributed by atoms with van der Waals surface area (Å²) in [5.41, 5.74) is 5.62. The molecule has 0 saturated heterocycles. The first-order valence-corrected chi connectivity index (χ1v) is 10.9. The number of amides is 1. The van der Waals surface area contributed by atoms with Crippen molar-refractivity contribution >= 4 is 33.7 Å². The average molecular weight is 399 g/mol. The topological polar surface area (TPSA) is 42.0 Å². The summed E-state index contributed by atoms with van der Waals surface area (Å²) < 4.78 is 0. The van der Waals surface area contributed by atoms with Crippen LogP contribution in [-0.4, -0.2) is 10.9 Å². The average Bonchev–Trinajstić information content (AvgIpc) is 3.19. The van der Waals surface area contributed by atoms with E-state index < -0.39 is 0 Å². The van der Waals surface area contributed by atoms with E-state index in [1.54, 1.807) is 11.3 Å². The standard InChI is InChI=1S/C25H22N2OS/c1-16-6-9-21(27-25(28)24-13-19-4-2-3-5-23(19)29-24)14-22(16)18-8-7-17-10-11-26-15-20(17)12-18/h6-15H,2-5H2,1H3,(H,27,28). The second kappa shape index (κ2) is 7.45. The molecule has 0 aliphatic heterocycles. The smallest absolute Gasteiger partial charge is 0.265 e. The Balaban J connectivity index is 1.44. The number of thiophene rings is 1. The lowest BCUT2D eigenvalue weighted by molar-refractivity contribution is 0.103. The number of hydrogen-bond acceptors (Lipinski definition) is 3. The third-order valence-electron chi connectivity index (χ3n) is 5.67. The number of aromatic nitrogens is 1. The normalized spacial score (nSPS) is 13.3. The molecule has 2 aromatic heterocycles. The molecule has 0 atom stereocenters. The van der Waals surface area contributed by atoms with Gasteiger partial charge in [0.2, 0.25) is 0 Å². The minimum absolute atomic E-state index is 0.0121. The summed E-state index contributed by atoms with van der Waals surface area (Å²) in [7, 11) is 0. The van der Waals surface area contributed by atoms with E-state index in [2.05, 4.69) is 53.6 Å². The van der Waals surface area contributed by atoms with Crippen LogP contribution >= 0.6 is 11.3 Å². The summed E-state index contributed by atoms with van der Waals surface area (Å²) in [5, 5.41) is 5.39. The number of benzene rings is 2. The van der Waals surface area contributed by atoms with Crippen molar-refractivity contribution in [2.75, 3.05) is 5.32 Å². The summed E-state index contributed by atoms with van der Waals surface area (Å²) in [6.07, 6.45) is 8.37. The van der Waals surface area contributed by atoms with Crippen LogP contribution in [0.1, 0.15) is 38.5 Å². The Morgan fingerprint density at radius 1 is 1.00 bits per heavy atom. The van der Waals surface area contributed by atoms with E-state index >= 15 is 0 Å². The monoisotopic (exact) mass is 398 g/mol. The van der Waals surface area contributed by atoms with Crippen molar-refractivity contribution in [1.29, 1.82) is 0 Å². The van der Waals surface area contributed by atoms with Crippen LogP contribution in [0.3, 0.4) is 0 Å². The fourth-order valence-corrected chi connectivity index (χ4v) is 5.21. The van der Waals surface area contributed by atoms with E-state index in [-0.39, 0.29) is 5.91 Å². The van der Waals surface area contributed by atoms with Crippen molar-refractivity contribution < 1.29 is 4.79 Å². The van der Waals surface area contributed by atoms with Crippen molar-refractivity contribution in [3.05, 3.63) is 81.8 Å². The maximum atomic E-state index is 12.8. The maximum absolute atomic E-state index is 12.8. The Morgan fingerprint density at radius 2 is 1.90 bits per heavy atom. The lowest BCUT2D eigenvalue weighted by atomic mass is 9.98. The molecule has 0 bridgehead atoms. The van der Waals surface area contributed by atoms with Crippen molar-refractivity contribution in [1.82, 2.24) is 4.98 Å². The van der Waals surface area contributed by atoms with Gasteiger partial charge in [-0.1, -0.05) is 18.2 Å². The van der Waals surface area contributed by atoms with Gasteiger partial charge in [-0.2, -0.15) is 0 Å². The Labute approximate surface area is 174 Å². The Bertz CT molecular complexity index is 1200. The Hall–Kier alpha value is -2.98. The van der Waals surface area contributed by atoms with Crippen LogP contribution in [0.4, 0.5) is 5.69 Å². The van der Waals surface area contributed by atoms with Crippen LogP contribution in [0, 0.1) is 6.92 Å². The van der Waals surface area contributed by atoms with Crippen LogP contribution in [0.2, 0.25) is 0 Å². The summed E-state index contributed by atoms with van der Waals surface area (Å²) in [5.74, 6) is -0.0121. The molecule has 4 aromatic rings. The number of carbonyl (C=O) groups excluding carboxylic acids is 1. The molecular weight excluding hydrogens is 376 g/mol. The van der Waals surface area contributed by atoms with E-state index in [9.17, 15) is 4.79 Å². The number of carbonyl (C=O) groups is 1. The zero-order chi connectivity index (χ0) is 19.8. The third kappa shape index (κ3) is 3.56. The zero-order valence-corrected chi connectivity index (χ0v) is 17.2. The van der Waals surface area contributed by atoms with E-state index in [1.165, 1.54) is 34.2 Å². The number of pyridine rings is 1. The van der Waals surface area contributed by atoms with Gasteiger partial charge in [0.1, 0.15) is 0 Å². The van der Waals surface area contributed by atoms with Crippen LogP contribution < -0.4 is 5.32 Å². The number of nitrogens with one attached hydrogen (secondary N) is 1. The molecule has 0 fully saturated rings. The minimum Gasteiger partial charge on any atom is -0.321 e. The SMILES string of the molecule is Cc1ccc(NC(=O)c2cc3c(s2)CCCC3)cc1-c1ccc2ccncc2c1. The van der Waals surface area contributed by atoms with Gasteiger partial charge in [0.15, 0.2) is 0 Å². The lowest BCUT2D eigenvalue weighted by Gasteiger charge is -2.11. The molecule has 2 aromatic carbocycles. The molecule has 0 unspecified atom stereocenters. The summed E-state index contributed by atoms with van der Waals surface area (Å²) in [6.45, 7) is 2.10. The van der Waals surface area contributed by atoms with Gasteiger partial charge >= 0.3 is 0 Å². The molecule has 0 spiro atoms. The number of hydrogen-bond donors (Lipinski definition) is 1. The quantitative estimate of drug-likeness (QED) is 0.434. The molecule has 29 heavy (non-hydrogen) atoms. The molecule has 3 nitrogen and oxygen atoms in total. The second-order valence-electron chi connectivity index (χ2n) is 7.69. The largest absolute Gasteiger partial charge is 0.321 e. The molecule has 4 heteroatoms. The summed E-state index contributed by atoms with van der Waals surface area (Å²) in [6, 6.07) is 16.6. The van der Waals surface area contributed by atoms with Gasteiger partial charge in [-0.25, -0.2) is 0 Å². The maximum Gasteiger partial charge on any atom is 0.265 e. The third-order valence-corrected chi connectivity index (χ3v) is 6.90. The molecule has 144 valence electrons. The summed E-state index contributed by atoms with van der Waals surface area (Å²) in [4.78, 5) is 19.3. The fraction of sp³-hybridized carbons (Fsp3) is 0.200. The first-order valence-electron chi connectivity index (χ1n) is 10.0. The number of anilines is 1. The van der Waals surface area contributed by atoms with Gasteiger partial charge in [0, 0.05) is 28.3 Å². The van der Waals surface area contributed by atoms with Crippen molar-refractivity contribution in [2.45, 2.75) is 32.6 Å². The fourth-order valence-electron chi connectivity index (χ4n) is 4.06. The van der Waals surface area contributed by atoms with E-state index in [1.807, 2.05) is 24.5 Å². The lowest BCUT2D eigenvalue weighted by Crippen LogP contribution is -2.10. The highest BCUT2D eigenvalue weighted by molar-refractivity contribution is 7.14. The molecule has 5 rings (SSSR count). The van der Waals surface area contributed by atoms with Gasteiger partial charge in [-0.05, 0) is 90.6 Å². The molecule has 1 aliphatic rings. The van der Waals surface area contributed by atoms with Gasteiger partial charge in [0.25, 0.3) is 5.91 Å². The number of fused-ring (bicyclic) bond motifs is 2. The molecule has 0 saturated carbocycles. The Kier molecular flexibility index (Phi) is 4.64. The zero-order valence-electron chi connectivity index (χ0n) is 16.4. The number of rotatable bonds is 3.